The largest absolute Gasteiger partial charge is 0.497 e. The van der Waals surface area contributed by atoms with Crippen LogP contribution in [0.25, 0.3) is 0 Å². The molecule has 158 valence electrons. The molecule has 0 aliphatic carbocycles. The van der Waals surface area contributed by atoms with Gasteiger partial charge in [0, 0.05) is 37.0 Å². The number of hydrogen-bond acceptors (Lipinski definition) is 9. The third kappa shape index (κ3) is 3.65. The van der Waals surface area contributed by atoms with E-state index in [0.29, 0.717) is 49.5 Å². The zero-order valence-electron chi connectivity index (χ0n) is 16.9. The van der Waals surface area contributed by atoms with E-state index >= 15 is 0 Å². The summed E-state index contributed by atoms with van der Waals surface area (Å²) in [4.78, 5) is 22.2. The van der Waals surface area contributed by atoms with E-state index in [4.69, 9.17) is 19.7 Å². The van der Waals surface area contributed by atoms with E-state index in [1.165, 1.54) is 0 Å². The Morgan fingerprint density at radius 2 is 1.87 bits per heavy atom. The minimum absolute atomic E-state index is 0.0497. The zero-order chi connectivity index (χ0) is 21.1. The lowest BCUT2D eigenvalue weighted by molar-refractivity contribution is -0.918. The molecule has 4 rings (SSSR count). The van der Waals surface area contributed by atoms with Crippen molar-refractivity contribution in [3.8, 4) is 11.5 Å². The Balaban J connectivity index is 1.57. The van der Waals surface area contributed by atoms with Gasteiger partial charge in [0.1, 0.15) is 24.3 Å². The molecule has 1 fully saturated rings. The lowest BCUT2D eigenvalue weighted by Crippen LogP contribution is -2.63. The van der Waals surface area contributed by atoms with Gasteiger partial charge in [-0.25, -0.2) is 0 Å². The summed E-state index contributed by atoms with van der Waals surface area (Å²) >= 11 is 0. The van der Waals surface area contributed by atoms with Crippen molar-refractivity contribution in [2.75, 3.05) is 52.3 Å². The second-order valence-electron chi connectivity index (χ2n) is 6.84. The van der Waals surface area contributed by atoms with E-state index in [2.05, 4.69) is 20.3 Å². The van der Waals surface area contributed by atoms with Crippen LogP contribution in [0.5, 0.6) is 11.5 Å². The molecule has 11 heteroatoms. The average molecular weight is 414 g/mol. The summed E-state index contributed by atoms with van der Waals surface area (Å²) in [6.07, 6.45) is 5.21. The fourth-order valence-electron chi connectivity index (χ4n) is 3.58. The Kier molecular flexibility index (Phi) is 5.48. The molecule has 3 heterocycles. The van der Waals surface area contributed by atoms with Crippen molar-refractivity contribution in [3.05, 3.63) is 30.6 Å². The number of guanidine groups is 1. The molecule has 1 unspecified atom stereocenters. The lowest BCUT2D eigenvalue weighted by Gasteiger charge is -2.40. The minimum Gasteiger partial charge on any atom is -0.497 e. The smallest absolute Gasteiger partial charge is 0.301 e. The van der Waals surface area contributed by atoms with Gasteiger partial charge in [-0.3, -0.25) is 9.79 Å². The van der Waals surface area contributed by atoms with Gasteiger partial charge in [0.05, 0.1) is 33.5 Å². The maximum Gasteiger partial charge on any atom is 0.301 e. The van der Waals surface area contributed by atoms with Crippen LogP contribution in [0, 0.1) is 0 Å². The number of rotatable bonds is 5. The highest BCUT2D eigenvalue weighted by Gasteiger charge is 2.47. The van der Waals surface area contributed by atoms with Gasteiger partial charge in [0.15, 0.2) is 6.20 Å². The number of nitrogens with one attached hydrogen (secondary N) is 1. The third-order valence-electron chi connectivity index (χ3n) is 5.14. The highest BCUT2D eigenvalue weighted by molar-refractivity contribution is 6.30. The van der Waals surface area contributed by atoms with E-state index in [1.807, 2.05) is 18.3 Å². The highest BCUT2D eigenvalue weighted by Crippen LogP contribution is 2.29. The number of fused-ring (bicyclic) bond motifs is 1. The molecule has 0 spiro atoms. The molecule has 0 aromatic heterocycles. The number of methoxy groups -OCH3 is 2. The van der Waals surface area contributed by atoms with Crippen LogP contribution in [-0.4, -0.2) is 90.6 Å². The maximum atomic E-state index is 11.8. The number of anilines is 1. The van der Waals surface area contributed by atoms with E-state index in [0.717, 1.165) is 5.69 Å². The van der Waals surface area contributed by atoms with E-state index in [-0.39, 0.29) is 10.6 Å². The molecule has 30 heavy (non-hydrogen) atoms. The molecule has 1 amide bonds. The van der Waals surface area contributed by atoms with Crippen LogP contribution in [0.15, 0.2) is 45.7 Å². The number of piperazine rings is 1. The number of aliphatic hydroxyl groups is 1. The van der Waals surface area contributed by atoms with Crippen molar-refractivity contribution in [2.45, 2.75) is 0 Å². The second-order valence-corrected chi connectivity index (χ2v) is 6.84. The first-order valence-corrected chi connectivity index (χ1v) is 9.51. The summed E-state index contributed by atoms with van der Waals surface area (Å²) in [5.74, 6) is 2.11. The first kappa shape index (κ1) is 20.0. The summed E-state index contributed by atoms with van der Waals surface area (Å²) in [5.41, 5.74) is 0.728. The number of nitrogens with zero attached hydrogens (tertiary/aromatic N) is 6. The fourth-order valence-corrected chi connectivity index (χ4v) is 3.58. The van der Waals surface area contributed by atoms with E-state index in [1.54, 1.807) is 37.6 Å². The van der Waals surface area contributed by atoms with E-state index < -0.39 is 6.61 Å². The number of hydrogen-bond donors (Lipinski definition) is 2. The Labute approximate surface area is 173 Å². The Bertz CT molecular complexity index is 928. The van der Waals surface area contributed by atoms with Gasteiger partial charge >= 0.3 is 5.84 Å². The SMILES string of the molecule is COc1cc(NC2=N[N+]3(N4CCN(C(=O)CO)CC4)C=CN=CC3=N2)cc(OC)c1. The number of amides is 1. The molecule has 1 aromatic rings. The number of aliphatic hydroxyl groups excluding tert-OH is 1. The molecule has 1 saturated heterocycles. The topological polar surface area (TPSA) is 111 Å². The summed E-state index contributed by atoms with van der Waals surface area (Å²) in [6.45, 7) is 1.68. The normalized spacial score (nSPS) is 23.0. The van der Waals surface area contributed by atoms with Crippen LogP contribution in [-0.2, 0) is 4.79 Å². The van der Waals surface area contributed by atoms with Gasteiger partial charge in [-0.15, -0.1) is 10.0 Å². The number of carbonyl (C=O) groups excluding carboxylic acids is 1. The fraction of sp³-hybridized carbons (Fsp3) is 0.368. The van der Waals surface area contributed by atoms with Gasteiger partial charge in [0.2, 0.25) is 5.91 Å². The summed E-state index contributed by atoms with van der Waals surface area (Å²) in [5, 5.41) is 19.2. The van der Waals surface area contributed by atoms with Gasteiger partial charge in [0.25, 0.3) is 5.96 Å². The van der Waals surface area contributed by atoms with Crippen molar-refractivity contribution in [1.82, 2.24) is 9.91 Å². The summed E-state index contributed by atoms with van der Waals surface area (Å²) in [7, 11) is 3.18. The van der Waals surface area contributed by atoms with Crippen LogP contribution in [0.2, 0.25) is 0 Å². The highest BCUT2D eigenvalue weighted by atomic mass is 16.5. The average Bonchev–Trinajstić information content (AvgIpc) is 3.17. The number of aliphatic imine (C=N–C) groups is 2. The predicted molar refractivity (Wildman–Crippen MR) is 111 cm³/mol. The van der Waals surface area contributed by atoms with Crippen molar-refractivity contribution >= 4 is 29.6 Å². The van der Waals surface area contributed by atoms with Crippen molar-refractivity contribution in [1.29, 1.82) is 0 Å². The van der Waals surface area contributed by atoms with Gasteiger partial charge < -0.3 is 24.8 Å². The Morgan fingerprint density at radius 1 is 1.17 bits per heavy atom. The van der Waals surface area contributed by atoms with Crippen molar-refractivity contribution in [3.63, 3.8) is 0 Å². The molecule has 0 saturated carbocycles. The van der Waals surface area contributed by atoms with Gasteiger partial charge in [-0.05, 0) is 9.80 Å². The maximum absolute atomic E-state index is 11.8. The monoisotopic (exact) mass is 414 g/mol. The number of quaternary nitrogens is 1. The van der Waals surface area contributed by atoms with Crippen molar-refractivity contribution < 1.29 is 24.1 Å². The number of amidine groups is 1. The number of carbonyl (C=O) groups is 1. The zero-order valence-corrected chi connectivity index (χ0v) is 16.9. The Hall–Kier alpha value is -3.28. The molecule has 1 atom stereocenters. The lowest BCUT2D eigenvalue weighted by atomic mass is 10.3. The standard InChI is InChI=1S/C19H24N7O4/c1-29-15-9-14(10-16(11-15)30-2)21-19-22-17-12-20-3-8-26(17,23-19)25-6-4-24(5-7-25)18(28)13-27/h3,8-12,27H,4-7,13H2,1-2H3,(H,21,23)/q+1. The molecule has 3 aliphatic heterocycles. The third-order valence-corrected chi connectivity index (χ3v) is 5.14. The molecule has 3 aliphatic rings. The second kappa shape index (κ2) is 8.22. The number of benzene rings is 1. The van der Waals surface area contributed by atoms with Crippen molar-refractivity contribution in [2.24, 2.45) is 15.1 Å². The van der Waals surface area contributed by atoms with Crippen LogP contribution < -0.4 is 14.8 Å². The molecule has 11 nitrogen and oxygen atoms in total. The van der Waals surface area contributed by atoms with E-state index in [9.17, 15) is 4.79 Å². The predicted octanol–water partition coefficient (Wildman–Crippen LogP) is 0.223. The van der Waals surface area contributed by atoms with Crippen LogP contribution in [0.3, 0.4) is 0 Å². The number of ether oxygens (including phenoxy) is 2. The molecule has 0 radical (unpaired) electrons. The summed E-state index contributed by atoms with van der Waals surface area (Å²) in [6, 6.07) is 5.44. The first-order chi connectivity index (χ1) is 14.6. The first-order valence-electron chi connectivity index (χ1n) is 9.51. The molecular formula is C19H24N7O4+. The molecule has 1 aromatic carbocycles. The molecule has 0 bridgehead atoms. The van der Waals surface area contributed by atoms with Crippen LogP contribution >= 0.6 is 0 Å². The van der Waals surface area contributed by atoms with Crippen LogP contribution in [0.4, 0.5) is 5.69 Å². The molecular weight excluding hydrogens is 390 g/mol. The molecule has 2 N–H and O–H groups in total. The van der Waals surface area contributed by atoms with Gasteiger partial charge in [-0.1, -0.05) is 0 Å². The summed E-state index contributed by atoms with van der Waals surface area (Å²) < 4.78 is 10.7. The van der Waals surface area contributed by atoms with Crippen LogP contribution in [0.1, 0.15) is 0 Å². The minimum atomic E-state index is -0.477. The Morgan fingerprint density at radius 3 is 2.50 bits per heavy atom. The van der Waals surface area contributed by atoms with Gasteiger partial charge in [-0.2, -0.15) is 0 Å². The quantitative estimate of drug-likeness (QED) is 0.667.